The van der Waals surface area contributed by atoms with E-state index in [1.54, 1.807) is 11.3 Å². The SMILES string of the molecule is CCOc1ccc2sc(=NN=C(C)C)n(C)c2c1. The van der Waals surface area contributed by atoms with Gasteiger partial charge in [0.25, 0.3) is 0 Å². The number of nitrogens with zero attached hydrogens (tertiary/aromatic N) is 3. The first-order valence-electron chi connectivity index (χ1n) is 5.89. The maximum absolute atomic E-state index is 5.51. The lowest BCUT2D eigenvalue weighted by molar-refractivity contribution is 0.340. The highest BCUT2D eigenvalue weighted by molar-refractivity contribution is 7.16. The standard InChI is InChI=1S/C13H17N3OS/c1-5-17-10-6-7-12-11(8-10)16(4)13(18-12)15-14-9(2)3/h6-8H,5H2,1-4H3. The number of hydrogen-bond donors (Lipinski definition) is 0. The first kappa shape index (κ1) is 12.8. The molecule has 0 aliphatic rings. The van der Waals surface area contributed by atoms with Crippen molar-refractivity contribution < 1.29 is 4.74 Å². The minimum Gasteiger partial charge on any atom is -0.494 e. The van der Waals surface area contributed by atoms with Crippen LogP contribution in [0.3, 0.4) is 0 Å². The Morgan fingerprint density at radius 3 is 2.83 bits per heavy atom. The fraction of sp³-hybridized carbons (Fsp3) is 0.385. The zero-order valence-corrected chi connectivity index (χ0v) is 11.9. The molecule has 4 nitrogen and oxygen atoms in total. The van der Waals surface area contributed by atoms with Crippen molar-refractivity contribution in [2.75, 3.05) is 6.61 Å². The third-order valence-electron chi connectivity index (χ3n) is 2.43. The molecule has 18 heavy (non-hydrogen) atoms. The van der Waals surface area contributed by atoms with Crippen molar-refractivity contribution in [2.24, 2.45) is 17.3 Å². The van der Waals surface area contributed by atoms with Gasteiger partial charge in [0.15, 0.2) is 0 Å². The Kier molecular flexibility index (Phi) is 3.81. The lowest BCUT2D eigenvalue weighted by Crippen LogP contribution is -2.09. The Balaban J connectivity index is 2.56. The molecule has 0 radical (unpaired) electrons. The van der Waals surface area contributed by atoms with Crippen molar-refractivity contribution in [2.45, 2.75) is 20.8 Å². The second kappa shape index (κ2) is 5.35. The van der Waals surface area contributed by atoms with Crippen LogP contribution in [0, 0.1) is 0 Å². The van der Waals surface area contributed by atoms with Crippen LogP contribution in [0.2, 0.25) is 0 Å². The molecule has 2 rings (SSSR count). The summed E-state index contributed by atoms with van der Waals surface area (Å²) in [7, 11) is 1.99. The highest BCUT2D eigenvalue weighted by Crippen LogP contribution is 2.22. The average Bonchev–Trinajstić information content (AvgIpc) is 2.64. The maximum Gasteiger partial charge on any atom is 0.211 e. The number of thiazole rings is 1. The van der Waals surface area contributed by atoms with Crippen LogP contribution in [0.4, 0.5) is 0 Å². The van der Waals surface area contributed by atoms with Gasteiger partial charge in [-0.2, -0.15) is 5.10 Å². The van der Waals surface area contributed by atoms with E-state index in [9.17, 15) is 0 Å². The summed E-state index contributed by atoms with van der Waals surface area (Å²) in [5, 5.41) is 8.36. The van der Waals surface area contributed by atoms with Crippen molar-refractivity contribution in [1.29, 1.82) is 0 Å². The van der Waals surface area contributed by atoms with Gasteiger partial charge in [-0.3, -0.25) is 0 Å². The third-order valence-corrected chi connectivity index (χ3v) is 3.53. The van der Waals surface area contributed by atoms with E-state index in [2.05, 4.69) is 16.3 Å². The number of fused-ring (bicyclic) bond motifs is 1. The number of hydrogen-bond acceptors (Lipinski definition) is 4. The molecule has 0 atom stereocenters. The Morgan fingerprint density at radius 2 is 2.17 bits per heavy atom. The number of aromatic nitrogens is 1. The maximum atomic E-state index is 5.51. The smallest absolute Gasteiger partial charge is 0.211 e. The molecule has 2 aromatic rings. The molecule has 0 bridgehead atoms. The van der Waals surface area contributed by atoms with Crippen LogP contribution >= 0.6 is 11.3 Å². The zero-order valence-electron chi connectivity index (χ0n) is 11.1. The molecule has 0 spiro atoms. The topological polar surface area (TPSA) is 38.9 Å². The summed E-state index contributed by atoms with van der Waals surface area (Å²) in [6, 6.07) is 6.09. The van der Waals surface area contributed by atoms with E-state index in [4.69, 9.17) is 4.74 Å². The molecule has 1 aromatic carbocycles. The quantitative estimate of drug-likeness (QED) is 0.620. The monoisotopic (exact) mass is 263 g/mol. The second-order valence-corrected chi connectivity index (χ2v) is 5.16. The molecular weight excluding hydrogens is 246 g/mol. The number of ether oxygens (including phenoxy) is 1. The Bertz CT molecular complexity index is 648. The predicted octanol–water partition coefficient (Wildman–Crippen LogP) is 2.94. The van der Waals surface area contributed by atoms with Gasteiger partial charge >= 0.3 is 0 Å². The van der Waals surface area contributed by atoms with Crippen LogP contribution in [0.5, 0.6) is 5.75 Å². The second-order valence-electron chi connectivity index (χ2n) is 4.15. The molecule has 0 N–H and O–H groups in total. The molecule has 5 heteroatoms. The molecule has 0 saturated carbocycles. The Morgan fingerprint density at radius 1 is 1.39 bits per heavy atom. The van der Waals surface area contributed by atoms with Crippen LogP contribution in [0.25, 0.3) is 10.2 Å². The van der Waals surface area contributed by atoms with Crippen molar-refractivity contribution in [1.82, 2.24) is 4.57 Å². The van der Waals surface area contributed by atoms with Gasteiger partial charge in [-0.1, -0.05) is 11.3 Å². The fourth-order valence-electron chi connectivity index (χ4n) is 1.60. The zero-order chi connectivity index (χ0) is 13.1. The number of aryl methyl sites for hydroxylation is 1. The minimum atomic E-state index is 0.677. The van der Waals surface area contributed by atoms with Crippen LogP contribution in [-0.4, -0.2) is 16.9 Å². The van der Waals surface area contributed by atoms with E-state index < -0.39 is 0 Å². The van der Waals surface area contributed by atoms with Gasteiger partial charge in [-0.15, -0.1) is 5.10 Å². The molecule has 0 aliphatic carbocycles. The Hall–Kier alpha value is -1.62. The van der Waals surface area contributed by atoms with Gasteiger partial charge in [0, 0.05) is 18.8 Å². The summed E-state index contributed by atoms with van der Waals surface area (Å²) >= 11 is 1.63. The summed E-state index contributed by atoms with van der Waals surface area (Å²) in [6.07, 6.45) is 0. The largest absolute Gasteiger partial charge is 0.494 e. The normalized spacial score (nSPS) is 11.9. The summed E-state index contributed by atoms with van der Waals surface area (Å²) in [5.41, 5.74) is 2.07. The van der Waals surface area contributed by atoms with Crippen LogP contribution < -0.4 is 9.54 Å². The van der Waals surface area contributed by atoms with E-state index in [1.165, 1.54) is 4.70 Å². The van der Waals surface area contributed by atoms with Gasteiger partial charge in [0.1, 0.15) is 5.75 Å². The summed E-state index contributed by atoms with van der Waals surface area (Å²) in [5.74, 6) is 0.889. The van der Waals surface area contributed by atoms with Crippen molar-refractivity contribution in [3.63, 3.8) is 0 Å². The van der Waals surface area contributed by atoms with Gasteiger partial charge in [-0.05, 0) is 32.9 Å². The highest BCUT2D eigenvalue weighted by atomic mass is 32.1. The summed E-state index contributed by atoms with van der Waals surface area (Å²) in [4.78, 5) is 0.889. The highest BCUT2D eigenvalue weighted by Gasteiger charge is 2.04. The molecular formula is C13H17N3OS. The molecule has 1 aromatic heterocycles. The molecule has 0 aliphatic heterocycles. The summed E-state index contributed by atoms with van der Waals surface area (Å²) in [6.45, 7) is 6.53. The molecule has 1 heterocycles. The van der Waals surface area contributed by atoms with Crippen molar-refractivity contribution in [3.8, 4) is 5.75 Å². The van der Waals surface area contributed by atoms with E-state index in [1.807, 2.05) is 44.5 Å². The van der Waals surface area contributed by atoms with E-state index in [-0.39, 0.29) is 0 Å². The first-order valence-corrected chi connectivity index (χ1v) is 6.70. The van der Waals surface area contributed by atoms with Gasteiger partial charge < -0.3 is 9.30 Å². The summed E-state index contributed by atoms with van der Waals surface area (Å²) < 4.78 is 8.73. The van der Waals surface area contributed by atoms with E-state index in [0.29, 0.717) is 6.61 Å². The van der Waals surface area contributed by atoms with Crippen LogP contribution in [0.1, 0.15) is 20.8 Å². The molecule has 0 saturated heterocycles. The van der Waals surface area contributed by atoms with Gasteiger partial charge in [0.2, 0.25) is 4.80 Å². The average molecular weight is 263 g/mol. The minimum absolute atomic E-state index is 0.677. The number of rotatable bonds is 3. The van der Waals surface area contributed by atoms with Crippen LogP contribution in [0.15, 0.2) is 28.4 Å². The lowest BCUT2D eigenvalue weighted by atomic mass is 10.3. The van der Waals surface area contributed by atoms with E-state index in [0.717, 1.165) is 21.8 Å². The molecule has 0 unspecified atom stereocenters. The Labute approximate surface area is 110 Å². The van der Waals surface area contributed by atoms with Gasteiger partial charge in [-0.25, -0.2) is 0 Å². The molecule has 0 fully saturated rings. The first-order chi connectivity index (χ1) is 8.61. The van der Waals surface area contributed by atoms with Crippen LogP contribution in [-0.2, 0) is 7.05 Å². The lowest BCUT2D eigenvalue weighted by Gasteiger charge is -2.02. The fourth-order valence-corrected chi connectivity index (χ4v) is 2.55. The van der Waals surface area contributed by atoms with Crippen molar-refractivity contribution >= 4 is 27.3 Å². The predicted molar refractivity (Wildman–Crippen MR) is 76.3 cm³/mol. The molecule has 96 valence electrons. The molecule has 0 amide bonds. The van der Waals surface area contributed by atoms with Gasteiger partial charge in [0.05, 0.1) is 16.8 Å². The number of benzene rings is 1. The van der Waals surface area contributed by atoms with Crippen molar-refractivity contribution in [3.05, 3.63) is 23.0 Å². The van der Waals surface area contributed by atoms with E-state index >= 15 is 0 Å². The third kappa shape index (κ3) is 2.61.